The molecule has 1 nitrogen and oxygen atoms in total. The summed E-state index contributed by atoms with van der Waals surface area (Å²) in [5, 5.41) is 3.59. The van der Waals surface area contributed by atoms with Crippen molar-refractivity contribution in [1.29, 1.82) is 0 Å². The van der Waals surface area contributed by atoms with E-state index in [1.165, 1.54) is 37.7 Å². The average Bonchev–Trinajstić information content (AvgIpc) is 3.13. The van der Waals surface area contributed by atoms with E-state index in [9.17, 15) is 0 Å². The van der Waals surface area contributed by atoms with Gasteiger partial charge in [0.15, 0.2) is 0 Å². The first-order valence-electron chi connectivity index (χ1n) is 8.21. The summed E-state index contributed by atoms with van der Waals surface area (Å²) in [5.74, 6) is 0.687. The molecule has 108 valence electrons. The minimum atomic E-state index is 0.475. The van der Waals surface area contributed by atoms with E-state index in [1.807, 2.05) is 0 Å². The number of fused-ring (bicyclic) bond motifs is 2. The van der Waals surface area contributed by atoms with E-state index in [0.717, 1.165) is 0 Å². The van der Waals surface area contributed by atoms with Gasteiger partial charge in [0.05, 0.1) is 0 Å². The molecule has 0 saturated heterocycles. The molecule has 0 aromatic heterocycles. The first-order valence-corrected chi connectivity index (χ1v) is 8.21. The second kappa shape index (κ2) is 5.31. The first-order chi connectivity index (χ1) is 10.3. The minimum Gasteiger partial charge on any atom is -0.313 e. The summed E-state index contributed by atoms with van der Waals surface area (Å²) >= 11 is 0. The van der Waals surface area contributed by atoms with Crippen molar-refractivity contribution in [3.05, 3.63) is 70.3 Å². The largest absolute Gasteiger partial charge is 0.313 e. The van der Waals surface area contributed by atoms with Crippen LogP contribution in [0.15, 0.2) is 42.5 Å². The molecule has 0 amide bonds. The zero-order valence-electron chi connectivity index (χ0n) is 12.7. The number of hydrogen-bond acceptors (Lipinski definition) is 1. The molecule has 4 rings (SSSR count). The van der Waals surface area contributed by atoms with Crippen molar-refractivity contribution in [3.63, 3.8) is 0 Å². The van der Waals surface area contributed by atoms with Crippen LogP contribution < -0.4 is 5.32 Å². The standard InChI is InChI=1S/C20H23N/c1-21-20(18-10-9-14-7-4-8-15(14)11-18)19-12-16-5-2-3-6-17(16)13-19/h2-3,5-6,9-11,19-21H,4,7-8,12-13H2,1H3. The maximum Gasteiger partial charge on any atom is 0.0352 e. The lowest BCUT2D eigenvalue weighted by Gasteiger charge is -2.24. The Morgan fingerprint density at radius 2 is 1.62 bits per heavy atom. The maximum atomic E-state index is 3.59. The molecule has 2 aliphatic rings. The molecule has 0 aliphatic heterocycles. The Hall–Kier alpha value is -1.60. The molecule has 2 aromatic rings. The third kappa shape index (κ3) is 2.30. The zero-order chi connectivity index (χ0) is 14.2. The van der Waals surface area contributed by atoms with E-state index >= 15 is 0 Å². The maximum absolute atomic E-state index is 3.59. The molecule has 0 spiro atoms. The molecule has 1 N–H and O–H groups in total. The lowest BCUT2D eigenvalue weighted by molar-refractivity contribution is 0.397. The van der Waals surface area contributed by atoms with Crippen molar-refractivity contribution in [2.24, 2.45) is 5.92 Å². The molecule has 0 bridgehead atoms. The number of aryl methyl sites for hydroxylation is 2. The van der Waals surface area contributed by atoms with Crippen molar-refractivity contribution in [3.8, 4) is 0 Å². The second-order valence-corrected chi connectivity index (χ2v) is 6.59. The summed E-state index contributed by atoms with van der Waals surface area (Å²) < 4.78 is 0. The number of benzene rings is 2. The molecular formula is C20H23N. The first kappa shape index (κ1) is 13.1. The fourth-order valence-electron chi connectivity index (χ4n) is 4.29. The molecule has 21 heavy (non-hydrogen) atoms. The topological polar surface area (TPSA) is 12.0 Å². The van der Waals surface area contributed by atoms with Crippen LogP contribution in [0.1, 0.15) is 40.3 Å². The van der Waals surface area contributed by atoms with Gasteiger partial charge in [0.25, 0.3) is 0 Å². The molecule has 1 unspecified atom stereocenters. The number of rotatable bonds is 3. The summed E-state index contributed by atoms with van der Waals surface area (Å²) in [7, 11) is 2.11. The van der Waals surface area contributed by atoms with Gasteiger partial charge in [-0.05, 0) is 72.9 Å². The van der Waals surface area contributed by atoms with Crippen LogP contribution in [-0.4, -0.2) is 7.05 Å². The van der Waals surface area contributed by atoms with E-state index < -0.39 is 0 Å². The van der Waals surface area contributed by atoms with Crippen molar-refractivity contribution >= 4 is 0 Å². The van der Waals surface area contributed by atoms with Gasteiger partial charge in [-0.3, -0.25) is 0 Å². The van der Waals surface area contributed by atoms with Crippen LogP contribution in [0.2, 0.25) is 0 Å². The van der Waals surface area contributed by atoms with E-state index in [-0.39, 0.29) is 0 Å². The Balaban J connectivity index is 1.61. The van der Waals surface area contributed by atoms with Gasteiger partial charge in [0.2, 0.25) is 0 Å². The molecule has 0 fully saturated rings. The summed E-state index contributed by atoms with van der Waals surface area (Å²) in [6, 6.07) is 16.6. The van der Waals surface area contributed by atoms with Crippen molar-refractivity contribution in [1.82, 2.24) is 5.32 Å². The predicted molar refractivity (Wildman–Crippen MR) is 87.6 cm³/mol. The van der Waals surface area contributed by atoms with Gasteiger partial charge < -0.3 is 5.32 Å². The van der Waals surface area contributed by atoms with Gasteiger partial charge in [-0.25, -0.2) is 0 Å². The Kier molecular flexibility index (Phi) is 3.31. The highest BCUT2D eigenvalue weighted by Crippen LogP contribution is 2.36. The number of hydrogen-bond donors (Lipinski definition) is 1. The predicted octanol–water partition coefficient (Wildman–Crippen LogP) is 3.85. The normalized spacial score (nSPS) is 18.5. The average molecular weight is 277 g/mol. The monoisotopic (exact) mass is 277 g/mol. The van der Waals surface area contributed by atoms with Crippen LogP contribution in [-0.2, 0) is 25.7 Å². The van der Waals surface area contributed by atoms with Crippen LogP contribution in [0.3, 0.4) is 0 Å². The molecular weight excluding hydrogens is 254 g/mol. The fraction of sp³-hybridized carbons (Fsp3) is 0.400. The minimum absolute atomic E-state index is 0.475. The van der Waals surface area contributed by atoms with Crippen LogP contribution in [0.25, 0.3) is 0 Å². The van der Waals surface area contributed by atoms with E-state index in [4.69, 9.17) is 0 Å². The highest BCUT2D eigenvalue weighted by atomic mass is 14.9. The van der Waals surface area contributed by atoms with E-state index in [0.29, 0.717) is 12.0 Å². The second-order valence-electron chi connectivity index (χ2n) is 6.59. The van der Waals surface area contributed by atoms with E-state index in [2.05, 4.69) is 54.8 Å². The Morgan fingerprint density at radius 1 is 0.905 bits per heavy atom. The summed E-state index contributed by atoms with van der Waals surface area (Å²) in [6.07, 6.45) is 6.29. The molecule has 0 radical (unpaired) electrons. The lowest BCUT2D eigenvalue weighted by Crippen LogP contribution is -2.25. The summed E-state index contributed by atoms with van der Waals surface area (Å²) in [5.41, 5.74) is 7.73. The quantitative estimate of drug-likeness (QED) is 0.898. The Bertz CT molecular complexity index is 634. The Labute approximate surface area is 127 Å². The zero-order valence-corrected chi connectivity index (χ0v) is 12.7. The summed E-state index contributed by atoms with van der Waals surface area (Å²) in [6.45, 7) is 0. The van der Waals surface area contributed by atoms with Gasteiger partial charge in [0, 0.05) is 6.04 Å². The molecule has 0 heterocycles. The Morgan fingerprint density at radius 3 is 2.33 bits per heavy atom. The van der Waals surface area contributed by atoms with Crippen LogP contribution in [0.5, 0.6) is 0 Å². The SMILES string of the molecule is CNC(c1ccc2c(c1)CCC2)C1Cc2ccccc2C1. The van der Waals surface area contributed by atoms with Gasteiger partial charge >= 0.3 is 0 Å². The lowest BCUT2D eigenvalue weighted by atomic mass is 9.89. The molecule has 1 atom stereocenters. The van der Waals surface area contributed by atoms with Gasteiger partial charge in [-0.2, -0.15) is 0 Å². The molecule has 1 heteroatoms. The fourth-order valence-corrected chi connectivity index (χ4v) is 4.29. The van der Waals surface area contributed by atoms with Crippen LogP contribution in [0, 0.1) is 5.92 Å². The summed E-state index contributed by atoms with van der Waals surface area (Å²) in [4.78, 5) is 0. The van der Waals surface area contributed by atoms with Gasteiger partial charge in [0.1, 0.15) is 0 Å². The van der Waals surface area contributed by atoms with Crippen LogP contribution in [0.4, 0.5) is 0 Å². The number of nitrogens with one attached hydrogen (secondary N) is 1. The third-order valence-corrected chi connectivity index (χ3v) is 5.35. The molecule has 2 aromatic carbocycles. The third-order valence-electron chi connectivity index (χ3n) is 5.35. The van der Waals surface area contributed by atoms with Crippen molar-refractivity contribution < 1.29 is 0 Å². The van der Waals surface area contributed by atoms with E-state index in [1.54, 1.807) is 22.3 Å². The highest BCUT2D eigenvalue weighted by Gasteiger charge is 2.29. The smallest absolute Gasteiger partial charge is 0.0352 e. The molecule has 0 saturated carbocycles. The highest BCUT2D eigenvalue weighted by molar-refractivity contribution is 5.39. The van der Waals surface area contributed by atoms with Gasteiger partial charge in [-0.1, -0.05) is 42.5 Å². The molecule has 2 aliphatic carbocycles. The van der Waals surface area contributed by atoms with Crippen molar-refractivity contribution in [2.45, 2.75) is 38.1 Å². The van der Waals surface area contributed by atoms with Crippen molar-refractivity contribution in [2.75, 3.05) is 7.05 Å². The van der Waals surface area contributed by atoms with Gasteiger partial charge in [-0.15, -0.1) is 0 Å². The van der Waals surface area contributed by atoms with Crippen LogP contribution >= 0.6 is 0 Å².